The molecule has 1 aliphatic carbocycles. The van der Waals surface area contributed by atoms with Crippen molar-refractivity contribution < 1.29 is 9.90 Å². The van der Waals surface area contributed by atoms with E-state index in [0.717, 1.165) is 18.6 Å². The number of benzene rings is 1. The number of carbonyl (C=O) groups is 1. The zero-order chi connectivity index (χ0) is 13.0. The van der Waals surface area contributed by atoms with Crippen molar-refractivity contribution >= 4 is 11.6 Å². The molecular formula is C14H18N2O2. The van der Waals surface area contributed by atoms with Crippen LogP contribution in [0.15, 0.2) is 29.4 Å². The number of para-hydroxylation sites is 1. The van der Waals surface area contributed by atoms with Gasteiger partial charge < -0.3 is 5.11 Å². The van der Waals surface area contributed by atoms with Gasteiger partial charge in [0.1, 0.15) is 5.75 Å². The van der Waals surface area contributed by atoms with Crippen LogP contribution in [0.3, 0.4) is 0 Å². The molecule has 0 radical (unpaired) electrons. The quantitative estimate of drug-likeness (QED) is 0.636. The lowest BCUT2D eigenvalue weighted by molar-refractivity contribution is 0.0952. The van der Waals surface area contributed by atoms with Gasteiger partial charge in [0.05, 0.1) is 5.56 Å². The highest BCUT2D eigenvalue weighted by Crippen LogP contribution is 2.25. The summed E-state index contributed by atoms with van der Waals surface area (Å²) in [5.41, 5.74) is 3.72. The number of rotatable bonds is 3. The maximum absolute atomic E-state index is 11.8. The SMILES string of the molecule is C/C(=N\NC(=O)c1ccccc1O)C1CCCC1. The largest absolute Gasteiger partial charge is 0.507 e. The summed E-state index contributed by atoms with van der Waals surface area (Å²) in [6.45, 7) is 1.95. The Hall–Kier alpha value is -1.84. The van der Waals surface area contributed by atoms with E-state index in [9.17, 15) is 9.90 Å². The van der Waals surface area contributed by atoms with Crippen LogP contribution in [-0.4, -0.2) is 16.7 Å². The fourth-order valence-electron chi connectivity index (χ4n) is 2.30. The second-order valence-corrected chi connectivity index (χ2v) is 4.69. The van der Waals surface area contributed by atoms with Crippen LogP contribution in [0.25, 0.3) is 0 Å². The molecule has 1 saturated carbocycles. The summed E-state index contributed by atoms with van der Waals surface area (Å²) in [5.74, 6) is 0.101. The molecular weight excluding hydrogens is 228 g/mol. The highest BCUT2D eigenvalue weighted by atomic mass is 16.3. The van der Waals surface area contributed by atoms with Crippen LogP contribution in [0.2, 0.25) is 0 Å². The molecule has 1 fully saturated rings. The Bertz CT molecular complexity index is 463. The van der Waals surface area contributed by atoms with E-state index in [4.69, 9.17) is 0 Å². The minimum Gasteiger partial charge on any atom is -0.507 e. The van der Waals surface area contributed by atoms with Crippen molar-refractivity contribution in [1.82, 2.24) is 5.43 Å². The average molecular weight is 246 g/mol. The molecule has 18 heavy (non-hydrogen) atoms. The van der Waals surface area contributed by atoms with E-state index in [1.807, 2.05) is 6.92 Å². The molecule has 0 bridgehead atoms. The monoisotopic (exact) mass is 246 g/mol. The van der Waals surface area contributed by atoms with Crippen molar-refractivity contribution in [1.29, 1.82) is 0 Å². The van der Waals surface area contributed by atoms with Crippen molar-refractivity contribution in [2.24, 2.45) is 11.0 Å². The maximum Gasteiger partial charge on any atom is 0.275 e. The van der Waals surface area contributed by atoms with Crippen LogP contribution < -0.4 is 5.43 Å². The maximum atomic E-state index is 11.8. The Morgan fingerprint density at radius 3 is 2.67 bits per heavy atom. The van der Waals surface area contributed by atoms with E-state index >= 15 is 0 Å². The van der Waals surface area contributed by atoms with Gasteiger partial charge in [0.15, 0.2) is 0 Å². The molecule has 2 rings (SSSR count). The molecule has 1 amide bonds. The lowest BCUT2D eigenvalue weighted by Gasteiger charge is -2.08. The Morgan fingerprint density at radius 2 is 2.00 bits per heavy atom. The molecule has 0 spiro atoms. The topological polar surface area (TPSA) is 61.7 Å². The Labute approximate surface area is 107 Å². The molecule has 1 aliphatic rings. The average Bonchev–Trinajstić information content (AvgIpc) is 2.90. The van der Waals surface area contributed by atoms with Gasteiger partial charge in [-0.3, -0.25) is 4.79 Å². The number of hydrogen-bond donors (Lipinski definition) is 2. The van der Waals surface area contributed by atoms with E-state index < -0.39 is 0 Å². The molecule has 1 aromatic rings. The fourth-order valence-corrected chi connectivity index (χ4v) is 2.30. The Morgan fingerprint density at radius 1 is 1.33 bits per heavy atom. The second-order valence-electron chi connectivity index (χ2n) is 4.69. The van der Waals surface area contributed by atoms with Crippen LogP contribution in [0.5, 0.6) is 5.75 Å². The highest BCUT2D eigenvalue weighted by Gasteiger charge is 2.18. The normalized spacial score (nSPS) is 16.8. The molecule has 0 aromatic heterocycles. The summed E-state index contributed by atoms with van der Waals surface area (Å²) >= 11 is 0. The number of carbonyl (C=O) groups excluding carboxylic acids is 1. The van der Waals surface area contributed by atoms with Gasteiger partial charge in [-0.05, 0) is 37.8 Å². The van der Waals surface area contributed by atoms with Gasteiger partial charge >= 0.3 is 0 Å². The highest BCUT2D eigenvalue weighted by molar-refractivity contribution is 5.97. The first-order valence-electron chi connectivity index (χ1n) is 6.31. The Balaban J connectivity index is 1.99. The van der Waals surface area contributed by atoms with Gasteiger partial charge in [0.2, 0.25) is 0 Å². The molecule has 1 aromatic carbocycles. The van der Waals surface area contributed by atoms with Crippen molar-refractivity contribution in [3.63, 3.8) is 0 Å². The summed E-state index contributed by atoms with van der Waals surface area (Å²) in [5, 5.41) is 13.7. The molecule has 96 valence electrons. The van der Waals surface area contributed by atoms with Crippen LogP contribution in [0.4, 0.5) is 0 Å². The number of phenols is 1. The van der Waals surface area contributed by atoms with Gasteiger partial charge in [0.25, 0.3) is 5.91 Å². The minimum atomic E-state index is -0.370. The number of nitrogens with zero attached hydrogens (tertiary/aromatic N) is 1. The van der Waals surface area contributed by atoms with E-state index in [2.05, 4.69) is 10.5 Å². The number of hydrogen-bond acceptors (Lipinski definition) is 3. The first-order chi connectivity index (χ1) is 8.68. The molecule has 0 heterocycles. The van der Waals surface area contributed by atoms with Gasteiger partial charge in [-0.2, -0.15) is 5.10 Å². The Kier molecular flexibility index (Phi) is 3.97. The first kappa shape index (κ1) is 12.6. The van der Waals surface area contributed by atoms with Crippen molar-refractivity contribution in [3.05, 3.63) is 29.8 Å². The summed E-state index contributed by atoms with van der Waals surface area (Å²) in [4.78, 5) is 11.8. The minimum absolute atomic E-state index is 0.0243. The number of aromatic hydroxyl groups is 1. The van der Waals surface area contributed by atoms with Gasteiger partial charge in [-0.25, -0.2) is 5.43 Å². The predicted octanol–water partition coefficient (Wildman–Crippen LogP) is 2.69. The molecule has 2 N–H and O–H groups in total. The van der Waals surface area contributed by atoms with E-state index in [-0.39, 0.29) is 17.2 Å². The smallest absolute Gasteiger partial charge is 0.275 e. The van der Waals surface area contributed by atoms with Crippen LogP contribution in [0, 0.1) is 5.92 Å². The lowest BCUT2D eigenvalue weighted by Crippen LogP contribution is -2.21. The fraction of sp³-hybridized carbons (Fsp3) is 0.429. The second kappa shape index (κ2) is 5.67. The van der Waals surface area contributed by atoms with Crippen LogP contribution >= 0.6 is 0 Å². The summed E-state index contributed by atoms with van der Waals surface area (Å²) in [7, 11) is 0. The molecule has 0 atom stereocenters. The summed E-state index contributed by atoms with van der Waals surface area (Å²) in [6.07, 6.45) is 4.79. The molecule has 0 saturated heterocycles. The van der Waals surface area contributed by atoms with Crippen LogP contribution in [0.1, 0.15) is 43.0 Å². The van der Waals surface area contributed by atoms with Crippen LogP contribution in [-0.2, 0) is 0 Å². The number of nitrogens with one attached hydrogen (secondary N) is 1. The zero-order valence-electron chi connectivity index (χ0n) is 10.5. The molecule has 4 heteroatoms. The molecule has 0 aliphatic heterocycles. The molecule has 4 nitrogen and oxygen atoms in total. The predicted molar refractivity (Wildman–Crippen MR) is 70.6 cm³/mol. The van der Waals surface area contributed by atoms with Gasteiger partial charge in [0, 0.05) is 5.71 Å². The third kappa shape index (κ3) is 2.88. The third-order valence-electron chi connectivity index (χ3n) is 3.43. The number of phenolic OH excluding ortho intramolecular Hbond substituents is 1. The van der Waals surface area contributed by atoms with Crippen molar-refractivity contribution in [2.45, 2.75) is 32.6 Å². The summed E-state index contributed by atoms with van der Waals surface area (Å²) < 4.78 is 0. The van der Waals surface area contributed by atoms with E-state index in [1.54, 1.807) is 18.2 Å². The zero-order valence-corrected chi connectivity index (χ0v) is 10.5. The van der Waals surface area contributed by atoms with E-state index in [0.29, 0.717) is 5.92 Å². The number of amides is 1. The first-order valence-corrected chi connectivity index (χ1v) is 6.31. The number of hydrazone groups is 1. The summed E-state index contributed by atoms with van der Waals surface area (Å²) in [6, 6.07) is 6.45. The van der Waals surface area contributed by atoms with E-state index in [1.165, 1.54) is 18.9 Å². The van der Waals surface area contributed by atoms with Gasteiger partial charge in [-0.1, -0.05) is 25.0 Å². The van der Waals surface area contributed by atoms with Crippen molar-refractivity contribution in [3.8, 4) is 5.75 Å². The van der Waals surface area contributed by atoms with Crippen molar-refractivity contribution in [2.75, 3.05) is 0 Å². The molecule has 0 unspecified atom stereocenters. The lowest BCUT2D eigenvalue weighted by atomic mass is 10.0. The third-order valence-corrected chi connectivity index (χ3v) is 3.43. The standard InChI is InChI=1S/C14H18N2O2/c1-10(11-6-2-3-7-11)15-16-14(18)12-8-4-5-9-13(12)17/h4-5,8-9,11,17H,2-3,6-7H2,1H3,(H,16,18)/b15-10+. The van der Waals surface area contributed by atoms with Gasteiger partial charge in [-0.15, -0.1) is 0 Å².